The summed E-state index contributed by atoms with van der Waals surface area (Å²) in [4.78, 5) is 35.2. The first-order valence-electron chi connectivity index (χ1n) is 9.30. The van der Waals surface area contributed by atoms with Crippen LogP contribution in [0.3, 0.4) is 0 Å². The van der Waals surface area contributed by atoms with Crippen LogP contribution in [0, 0.1) is 0 Å². The number of anilines is 3. The van der Waals surface area contributed by atoms with Crippen LogP contribution < -0.4 is 21.4 Å². The zero-order chi connectivity index (χ0) is 21.8. The lowest BCUT2D eigenvalue weighted by molar-refractivity contribution is -0.139. The van der Waals surface area contributed by atoms with Gasteiger partial charge >= 0.3 is 11.8 Å². The Kier molecular flexibility index (Phi) is 9.01. The predicted molar refractivity (Wildman–Crippen MR) is 116 cm³/mol. The first kappa shape index (κ1) is 22.6. The molecule has 2 aromatic rings. The van der Waals surface area contributed by atoms with Gasteiger partial charge in [0.25, 0.3) is 0 Å². The van der Waals surface area contributed by atoms with Crippen LogP contribution in [-0.2, 0) is 19.1 Å². The van der Waals surface area contributed by atoms with Gasteiger partial charge in [-0.15, -0.1) is 0 Å². The topological polar surface area (TPSA) is 121 Å². The van der Waals surface area contributed by atoms with Crippen LogP contribution in [0.4, 0.5) is 17.1 Å². The molecule has 0 radical (unpaired) electrons. The molecule has 0 aliphatic rings. The van der Waals surface area contributed by atoms with Gasteiger partial charge in [-0.2, -0.15) is 5.10 Å². The van der Waals surface area contributed by atoms with Gasteiger partial charge in [-0.25, -0.2) is 5.43 Å². The fourth-order valence-corrected chi connectivity index (χ4v) is 2.35. The Balaban J connectivity index is 1.78. The molecule has 158 valence electrons. The number of rotatable bonds is 9. The summed E-state index contributed by atoms with van der Waals surface area (Å²) in [5.41, 5.74) is 4.96. The Bertz CT molecular complexity index is 882. The molecule has 9 heteroatoms. The van der Waals surface area contributed by atoms with Crippen molar-refractivity contribution in [1.82, 2.24) is 10.7 Å². The molecule has 0 spiro atoms. The van der Waals surface area contributed by atoms with Gasteiger partial charge in [0.05, 0.1) is 13.0 Å². The van der Waals surface area contributed by atoms with Gasteiger partial charge in [-0.05, 0) is 43.3 Å². The maximum absolute atomic E-state index is 12.1. The van der Waals surface area contributed by atoms with Crippen LogP contribution in [0.15, 0.2) is 59.7 Å². The van der Waals surface area contributed by atoms with Crippen LogP contribution in [0.25, 0.3) is 0 Å². The van der Waals surface area contributed by atoms with E-state index >= 15 is 0 Å². The van der Waals surface area contributed by atoms with Gasteiger partial charge < -0.3 is 20.7 Å². The molecule has 9 nitrogen and oxygen atoms in total. The molecule has 0 aromatic heterocycles. The van der Waals surface area contributed by atoms with Crippen molar-refractivity contribution in [2.75, 3.05) is 30.9 Å². The van der Waals surface area contributed by atoms with E-state index in [1.807, 2.05) is 42.5 Å². The van der Waals surface area contributed by atoms with Crippen LogP contribution in [-0.4, -0.2) is 43.7 Å². The van der Waals surface area contributed by atoms with E-state index in [0.717, 1.165) is 11.4 Å². The standard InChI is InChI=1S/C21H25N5O4/c1-15(25-26-21(29)20(28)22-12-13-30-2)14-19(27)24-18-10-8-17(9-11-18)23-16-6-4-3-5-7-16/h3-11,23H,12-14H2,1-2H3,(H,22,28)(H,24,27)(H,26,29)/b25-15+. The summed E-state index contributed by atoms with van der Waals surface area (Å²) in [6.45, 7) is 2.09. The van der Waals surface area contributed by atoms with Crippen LogP contribution >= 0.6 is 0 Å². The number of methoxy groups -OCH3 is 1. The molecule has 0 bridgehead atoms. The lowest BCUT2D eigenvalue weighted by atomic mass is 10.2. The molecule has 0 aliphatic carbocycles. The Morgan fingerprint density at radius 3 is 2.20 bits per heavy atom. The summed E-state index contributed by atoms with van der Waals surface area (Å²) in [5.74, 6) is -2.02. The molecule has 2 rings (SSSR count). The molecule has 30 heavy (non-hydrogen) atoms. The lowest BCUT2D eigenvalue weighted by Crippen LogP contribution is -2.39. The van der Waals surface area contributed by atoms with Gasteiger partial charge in [-0.3, -0.25) is 14.4 Å². The van der Waals surface area contributed by atoms with Crippen LogP contribution in [0.5, 0.6) is 0 Å². The molecule has 4 N–H and O–H groups in total. The average Bonchev–Trinajstić information content (AvgIpc) is 2.74. The zero-order valence-corrected chi connectivity index (χ0v) is 16.9. The van der Waals surface area contributed by atoms with E-state index < -0.39 is 11.8 Å². The average molecular weight is 411 g/mol. The van der Waals surface area contributed by atoms with E-state index in [1.165, 1.54) is 7.11 Å². The molecule has 3 amide bonds. The third-order valence-corrected chi connectivity index (χ3v) is 3.79. The first-order valence-corrected chi connectivity index (χ1v) is 9.30. The van der Waals surface area contributed by atoms with Crippen molar-refractivity contribution >= 4 is 40.5 Å². The molecule has 0 saturated heterocycles. The van der Waals surface area contributed by atoms with E-state index in [-0.39, 0.29) is 18.9 Å². The number of carbonyl (C=O) groups is 3. The van der Waals surface area contributed by atoms with Gasteiger partial charge in [0.2, 0.25) is 5.91 Å². The van der Waals surface area contributed by atoms with Crippen LogP contribution in [0.2, 0.25) is 0 Å². The van der Waals surface area contributed by atoms with E-state index in [4.69, 9.17) is 4.74 Å². The molecule has 0 fully saturated rings. The summed E-state index contributed by atoms with van der Waals surface area (Å²) < 4.78 is 4.77. The minimum atomic E-state index is -0.910. The zero-order valence-electron chi connectivity index (χ0n) is 16.9. The number of nitrogens with one attached hydrogen (secondary N) is 4. The molecule has 2 aromatic carbocycles. The second-order valence-corrected chi connectivity index (χ2v) is 6.33. The largest absolute Gasteiger partial charge is 0.383 e. The highest BCUT2D eigenvalue weighted by atomic mass is 16.5. The first-order chi connectivity index (χ1) is 14.5. The van der Waals surface area contributed by atoms with Crippen molar-refractivity contribution in [3.63, 3.8) is 0 Å². The van der Waals surface area contributed by atoms with Gasteiger partial charge in [0.1, 0.15) is 0 Å². The highest BCUT2D eigenvalue weighted by Gasteiger charge is 2.12. The Morgan fingerprint density at radius 1 is 0.900 bits per heavy atom. The van der Waals surface area contributed by atoms with E-state index in [9.17, 15) is 14.4 Å². The normalized spacial score (nSPS) is 10.8. The summed E-state index contributed by atoms with van der Waals surface area (Å²) in [5, 5.41) is 12.2. The fraction of sp³-hybridized carbons (Fsp3) is 0.238. The van der Waals surface area contributed by atoms with Crippen molar-refractivity contribution < 1.29 is 19.1 Å². The van der Waals surface area contributed by atoms with Crippen molar-refractivity contribution in [2.24, 2.45) is 5.10 Å². The lowest BCUT2D eigenvalue weighted by Gasteiger charge is -2.09. The maximum atomic E-state index is 12.1. The predicted octanol–water partition coefficient (Wildman–Crippen LogP) is 2.01. The van der Waals surface area contributed by atoms with Crippen molar-refractivity contribution in [3.8, 4) is 0 Å². The monoisotopic (exact) mass is 411 g/mol. The summed E-state index contributed by atoms with van der Waals surface area (Å²) in [6.07, 6.45) is -0.0322. The molecular formula is C21H25N5O4. The highest BCUT2D eigenvalue weighted by Crippen LogP contribution is 2.18. The molecule has 0 aliphatic heterocycles. The summed E-state index contributed by atoms with van der Waals surface area (Å²) >= 11 is 0. The van der Waals surface area contributed by atoms with E-state index in [2.05, 4.69) is 26.5 Å². The van der Waals surface area contributed by atoms with E-state index in [0.29, 0.717) is 18.0 Å². The minimum Gasteiger partial charge on any atom is -0.383 e. The van der Waals surface area contributed by atoms with Crippen LogP contribution in [0.1, 0.15) is 13.3 Å². The van der Waals surface area contributed by atoms with Crippen molar-refractivity contribution in [2.45, 2.75) is 13.3 Å². The number of nitrogens with zero attached hydrogens (tertiary/aromatic N) is 1. The quantitative estimate of drug-likeness (QED) is 0.218. The van der Waals surface area contributed by atoms with Crippen molar-refractivity contribution in [1.29, 1.82) is 0 Å². The van der Waals surface area contributed by atoms with Gasteiger partial charge in [0, 0.05) is 36.4 Å². The second-order valence-electron chi connectivity index (χ2n) is 6.33. The third kappa shape index (κ3) is 8.11. The Hall–Kier alpha value is -3.72. The Morgan fingerprint density at radius 2 is 1.53 bits per heavy atom. The fourth-order valence-electron chi connectivity index (χ4n) is 2.35. The molecule has 0 heterocycles. The number of ether oxygens (including phenoxy) is 1. The Labute approximate surface area is 174 Å². The number of hydrogen-bond donors (Lipinski definition) is 4. The highest BCUT2D eigenvalue weighted by molar-refractivity contribution is 6.35. The van der Waals surface area contributed by atoms with Gasteiger partial charge in [-0.1, -0.05) is 18.2 Å². The van der Waals surface area contributed by atoms with E-state index in [1.54, 1.807) is 19.1 Å². The summed E-state index contributed by atoms with van der Waals surface area (Å²) in [6, 6.07) is 17.0. The molecular weight excluding hydrogens is 386 g/mol. The molecule has 0 atom stereocenters. The number of para-hydroxylation sites is 1. The smallest absolute Gasteiger partial charge is 0.329 e. The third-order valence-electron chi connectivity index (χ3n) is 3.79. The maximum Gasteiger partial charge on any atom is 0.329 e. The number of hydrazone groups is 1. The number of carbonyl (C=O) groups excluding carboxylic acids is 3. The molecule has 0 unspecified atom stereocenters. The summed E-state index contributed by atoms with van der Waals surface area (Å²) in [7, 11) is 1.49. The number of hydrogen-bond acceptors (Lipinski definition) is 6. The van der Waals surface area contributed by atoms with Gasteiger partial charge in [0.15, 0.2) is 0 Å². The molecule has 0 saturated carbocycles. The number of benzene rings is 2. The SMILES string of the molecule is COCCNC(=O)C(=O)N/N=C(\C)CC(=O)Nc1ccc(Nc2ccccc2)cc1. The minimum absolute atomic E-state index is 0.0322. The second kappa shape index (κ2) is 12.0. The van der Waals surface area contributed by atoms with Crippen molar-refractivity contribution in [3.05, 3.63) is 54.6 Å². The number of amides is 3.